The lowest BCUT2D eigenvalue weighted by molar-refractivity contribution is -0.125. The molecule has 3 aromatic rings. The Hall–Kier alpha value is -3.21. The van der Waals surface area contributed by atoms with Crippen LogP contribution in [0.1, 0.15) is 31.7 Å². The van der Waals surface area contributed by atoms with Crippen LogP contribution in [0.3, 0.4) is 0 Å². The number of aryl methyl sites for hydroxylation is 1. The number of hydrogen-bond donors (Lipinski definition) is 1. The van der Waals surface area contributed by atoms with Gasteiger partial charge in [0.25, 0.3) is 0 Å². The summed E-state index contributed by atoms with van der Waals surface area (Å²) >= 11 is 0. The maximum atomic E-state index is 12.9. The minimum atomic E-state index is -0.0111. The van der Waals surface area contributed by atoms with E-state index in [2.05, 4.69) is 46.4 Å². The highest BCUT2D eigenvalue weighted by Crippen LogP contribution is 2.24. The Bertz CT molecular complexity index is 977. The van der Waals surface area contributed by atoms with Gasteiger partial charge in [0.2, 0.25) is 5.91 Å². The van der Waals surface area contributed by atoms with Crippen molar-refractivity contribution >= 4 is 11.7 Å². The van der Waals surface area contributed by atoms with E-state index in [4.69, 9.17) is 4.98 Å². The van der Waals surface area contributed by atoms with Gasteiger partial charge in [-0.3, -0.25) is 4.79 Å². The van der Waals surface area contributed by atoms with E-state index in [1.165, 1.54) is 5.56 Å². The van der Waals surface area contributed by atoms with Gasteiger partial charge in [-0.2, -0.15) is 0 Å². The highest BCUT2D eigenvalue weighted by atomic mass is 16.2. The van der Waals surface area contributed by atoms with Crippen molar-refractivity contribution in [2.24, 2.45) is 5.92 Å². The van der Waals surface area contributed by atoms with Gasteiger partial charge in [-0.1, -0.05) is 60.7 Å². The third-order valence-corrected chi connectivity index (χ3v) is 5.89. The summed E-state index contributed by atoms with van der Waals surface area (Å²) in [5.41, 5.74) is 2.31. The number of rotatable bonds is 7. The van der Waals surface area contributed by atoms with E-state index >= 15 is 0 Å². The fraction of sp³-hybridized carbons (Fsp3) is 0.346. The summed E-state index contributed by atoms with van der Waals surface area (Å²) in [4.78, 5) is 24.3. The summed E-state index contributed by atoms with van der Waals surface area (Å²) in [5, 5.41) is 3.23. The first-order valence-electron chi connectivity index (χ1n) is 11.2. The summed E-state index contributed by atoms with van der Waals surface area (Å²) in [6.07, 6.45) is 5.63. The van der Waals surface area contributed by atoms with E-state index in [1.54, 1.807) is 6.20 Å². The number of nitrogens with zero attached hydrogens (tertiary/aromatic N) is 3. The minimum absolute atomic E-state index is 0.0111. The smallest absolute Gasteiger partial charge is 0.225 e. The zero-order valence-electron chi connectivity index (χ0n) is 18.1. The van der Waals surface area contributed by atoms with Crippen molar-refractivity contribution in [1.82, 2.24) is 15.3 Å². The van der Waals surface area contributed by atoms with E-state index in [9.17, 15) is 4.79 Å². The Labute approximate surface area is 184 Å². The molecule has 5 heteroatoms. The van der Waals surface area contributed by atoms with Gasteiger partial charge in [-0.25, -0.2) is 9.97 Å². The molecule has 1 aliphatic rings. The van der Waals surface area contributed by atoms with E-state index in [0.717, 1.165) is 49.4 Å². The van der Waals surface area contributed by atoms with Crippen molar-refractivity contribution in [1.29, 1.82) is 0 Å². The van der Waals surface area contributed by atoms with Gasteiger partial charge >= 0.3 is 0 Å². The monoisotopic (exact) mass is 414 g/mol. The Morgan fingerprint density at radius 1 is 1.10 bits per heavy atom. The molecule has 1 aliphatic heterocycles. The number of amides is 1. The normalized spacial score (nSPS) is 17.2. The fourth-order valence-corrected chi connectivity index (χ4v) is 4.11. The number of carbonyl (C=O) groups excluding carboxylic acids is 1. The van der Waals surface area contributed by atoms with Crippen molar-refractivity contribution in [2.45, 2.75) is 38.6 Å². The van der Waals surface area contributed by atoms with Gasteiger partial charge in [0.15, 0.2) is 5.82 Å². The Balaban J connectivity index is 1.34. The number of carbonyl (C=O) groups is 1. The lowest BCUT2D eigenvalue weighted by Crippen LogP contribution is -2.45. The van der Waals surface area contributed by atoms with Crippen LogP contribution >= 0.6 is 0 Å². The molecular weight excluding hydrogens is 384 g/mol. The molecule has 1 N–H and O–H groups in total. The number of nitrogens with one attached hydrogen (secondary N) is 1. The molecule has 1 fully saturated rings. The van der Waals surface area contributed by atoms with Crippen molar-refractivity contribution in [3.63, 3.8) is 0 Å². The largest absolute Gasteiger partial charge is 0.356 e. The van der Waals surface area contributed by atoms with Crippen LogP contribution in [0.15, 0.2) is 72.9 Å². The van der Waals surface area contributed by atoms with Gasteiger partial charge in [-0.05, 0) is 44.2 Å². The SMILES string of the molecule is C[C@H](CCc1ccccc1)NC(=O)[C@@H]1CCCN(c2ccnc(-c3ccccc3)n2)C1. The second-order valence-electron chi connectivity index (χ2n) is 8.32. The highest BCUT2D eigenvalue weighted by molar-refractivity contribution is 5.79. The standard InChI is InChI=1S/C26H30N4O/c1-20(14-15-21-9-4-2-5-10-21)28-26(31)23-13-8-18-30(19-23)24-16-17-27-25(29-24)22-11-6-3-7-12-22/h2-7,9-12,16-17,20,23H,8,13-15,18-19H2,1H3,(H,28,31)/t20-,23-/m1/s1. The van der Waals surface area contributed by atoms with Gasteiger partial charge in [0, 0.05) is 30.9 Å². The quantitative estimate of drug-likeness (QED) is 0.619. The van der Waals surface area contributed by atoms with Crippen LogP contribution in [0.25, 0.3) is 11.4 Å². The third-order valence-electron chi connectivity index (χ3n) is 5.89. The topological polar surface area (TPSA) is 58.1 Å². The molecule has 1 amide bonds. The predicted octanol–water partition coefficient (Wildman–Crippen LogP) is 4.50. The molecule has 4 rings (SSSR count). The molecule has 160 valence electrons. The third kappa shape index (κ3) is 5.69. The maximum absolute atomic E-state index is 12.9. The second kappa shape index (κ2) is 10.2. The summed E-state index contributed by atoms with van der Waals surface area (Å²) in [7, 11) is 0. The van der Waals surface area contributed by atoms with Gasteiger partial charge in [0.05, 0.1) is 5.92 Å². The average molecular weight is 415 g/mol. The molecule has 2 aromatic carbocycles. The number of hydrogen-bond acceptors (Lipinski definition) is 4. The van der Waals surface area contributed by atoms with Crippen LogP contribution in [0, 0.1) is 5.92 Å². The molecular formula is C26H30N4O. The van der Waals surface area contributed by atoms with Crippen molar-refractivity contribution in [3.05, 3.63) is 78.5 Å². The van der Waals surface area contributed by atoms with E-state index in [0.29, 0.717) is 6.54 Å². The Kier molecular flexibility index (Phi) is 6.92. The molecule has 0 spiro atoms. The van der Waals surface area contributed by atoms with Crippen LogP contribution in [0.5, 0.6) is 0 Å². The molecule has 0 radical (unpaired) electrons. The zero-order valence-corrected chi connectivity index (χ0v) is 18.1. The van der Waals surface area contributed by atoms with Crippen LogP contribution < -0.4 is 10.2 Å². The molecule has 1 saturated heterocycles. The molecule has 0 saturated carbocycles. The molecule has 1 aromatic heterocycles. The van der Waals surface area contributed by atoms with E-state index in [1.807, 2.05) is 42.5 Å². The highest BCUT2D eigenvalue weighted by Gasteiger charge is 2.27. The summed E-state index contributed by atoms with van der Waals surface area (Å²) in [6.45, 7) is 3.71. The maximum Gasteiger partial charge on any atom is 0.225 e. The molecule has 0 unspecified atom stereocenters. The van der Waals surface area contributed by atoms with E-state index in [-0.39, 0.29) is 17.9 Å². The molecule has 2 heterocycles. The van der Waals surface area contributed by atoms with Crippen LogP contribution in [0.4, 0.5) is 5.82 Å². The first-order valence-corrected chi connectivity index (χ1v) is 11.2. The zero-order chi connectivity index (χ0) is 21.5. The predicted molar refractivity (Wildman–Crippen MR) is 125 cm³/mol. The molecule has 2 atom stereocenters. The van der Waals surface area contributed by atoms with E-state index < -0.39 is 0 Å². The van der Waals surface area contributed by atoms with Crippen molar-refractivity contribution < 1.29 is 4.79 Å². The number of anilines is 1. The van der Waals surface area contributed by atoms with Gasteiger partial charge < -0.3 is 10.2 Å². The van der Waals surface area contributed by atoms with Crippen LogP contribution in [-0.4, -0.2) is 35.0 Å². The summed E-state index contributed by atoms with van der Waals surface area (Å²) < 4.78 is 0. The fourth-order valence-electron chi connectivity index (χ4n) is 4.11. The van der Waals surface area contributed by atoms with Crippen LogP contribution in [0.2, 0.25) is 0 Å². The molecule has 5 nitrogen and oxygen atoms in total. The molecule has 0 aliphatic carbocycles. The Morgan fingerprint density at radius 2 is 1.84 bits per heavy atom. The number of aromatic nitrogens is 2. The van der Waals surface area contributed by atoms with Crippen molar-refractivity contribution in [3.8, 4) is 11.4 Å². The van der Waals surface area contributed by atoms with Crippen LogP contribution in [-0.2, 0) is 11.2 Å². The lowest BCUT2D eigenvalue weighted by Gasteiger charge is -2.33. The van der Waals surface area contributed by atoms with Crippen molar-refractivity contribution in [2.75, 3.05) is 18.0 Å². The summed E-state index contributed by atoms with van der Waals surface area (Å²) in [5.74, 6) is 1.76. The average Bonchev–Trinajstić information content (AvgIpc) is 2.84. The summed E-state index contributed by atoms with van der Waals surface area (Å²) in [6, 6.07) is 22.5. The second-order valence-corrected chi connectivity index (χ2v) is 8.32. The molecule has 31 heavy (non-hydrogen) atoms. The first kappa shape index (κ1) is 21.0. The van der Waals surface area contributed by atoms with Gasteiger partial charge in [0.1, 0.15) is 5.82 Å². The molecule has 0 bridgehead atoms. The minimum Gasteiger partial charge on any atom is -0.356 e. The number of piperidine rings is 1. The first-order chi connectivity index (χ1) is 15.2. The Morgan fingerprint density at radius 3 is 2.61 bits per heavy atom. The van der Waals surface area contributed by atoms with Gasteiger partial charge in [-0.15, -0.1) is 0 Å². The lowest BCUT2D eigenvalue weighted by atomic mass is 9.96. The number of benzene rings is 2.